The zero-order chi connectivity index (χ0) is 19.2. The fourth-order valence-electron chi connectivity index (χ4n) is 2.27. The van der Waals surface area contributed by atoms with Gasteiger partial charge in [-0.1, -0.05) is 80.3 Å². The molecule has 2 heteroatoms. The van der Waals surface area contributed by atoms with Gasteiger partial charge in [-0.2, -0.15) is 0 Å². The van der Waals surface area contributed by atoms with Crippen LogP contribution in [0.1, 0.15) is 25.8 Å². The highest BCUT2D eigenvalue weighted by Crippen LogP contribution is 2.18. The molecule has 0 atom stereocenters. The van der Waals surface area contributed by atoms with E-state index in [0.717, 1.165) is 30.1 Å². The van der Waals surface area contributed by atoms with Crippen LogP contribution in [0.2, 0.25) is 0 Å². The number of nitrogens with zero attached hydrogens (tertiary/aromatic N) is 1. The topological polar surface area (TPSA) is 3.24 Å². The first-order valence-electron chi connectivity index (χ1n) is 9.02. The lowest BCUT2D eigenvalue weighted by Gasteiger charge is -2.24. The minimum atomic E-state index is 0.958. The smallest absolute Gasteiger partial charge is 0.0332 e. The summed E-state index contributed by atoms with van der Waals surface area (Å²) in [5.41, 5.74) is 3.39. The van der Waals surface area contributed by atoms with E-state index >= 15 is 0 Å². The summed E-state index contributed by atoms with van der Waals surface area (Å²) in [6.07, 6.45) is 5.34. The van der Waals surface area contributed by atoms with E-state index in [2.05, 4.69) is 80.5 Å². The molecule has 2 rings (SSSR count). The van der Waals surface area contributed by atoms with Crippen molar-refractivity contribution in [1.82, 2.24) is 4.90 Å². The third kappa shape index (κ3) is 9.33. The highest BCUT2D eigenvalue weighted by Gasteiger charge is 2.03. The number of aryl methyl sites for hydroxylation is 1. The molecule has 26 heavy (non-hydrogen) atoms. The number of hydrogen-bond donors (Lipinski definition) is 0. The van der Waals surface area contributed by atoms with Gasteiger partial charge in [-0.3, -0.25) is 0 Å². The highest BCUT2D eigenvalue weighted by molar-refractivity contribution is 7.99. The summed E-state index contributed by atoms with van der Waals surface area (Å²) in [4.78, 5) is 3.45. The van der Waals surface area contributed by atoms with E-state index in [1.54, 1.807) is 0 Å². The Kier molecular flexibility index (Phi) is 11.0. The van der Waals surface area contributed by atoms with Crippen LogP contribution in [-0.2, 0) is 0 Å². The molecule has 0 bridgehead atoms. The van der Waals surface area contributed by atoms with Crippen LogP contribution >= 0.6 is 11.8 Å². The Morgan fingerprint density at radius 1 is 1.00 bits per heavy atom. The molecule has 0 heterocycles. The Balaban J connectivity index is 0.000000401. The van der Waals surface area contributed by atoms with Crippen molar-refractivity contribution in [2.45, 2.75) is 32.1 Å². The molecule has 138 valence electrons. The van der Waals surface area contributed by atoms with Crippen molar-refractivity contribution < 1.29 is 0 Å². The Bertz CT molecular complexity index is 674. The molecular weight excluding hydrogens is 334 g/mol. The molecule has 2 aromatic rings. The molecule has 0 spiro atoms. The molecule has 0 aliphatic carbocycles. The van der Waals surface area contributed by atoms with Gasteiger partial charge in [0.25, 0.3) is 0 Å². The van der Waals surface area contributed by atoms with E-state index in [-0.39, 0.29) is 0 Å². The molecule has 0 aliphatic heterocycles. The monoisotopic (exact) mass is 365 g/mol. The number of hydrogen-bond acceptors (Lipinski definition) is 2. The molecule has 0 fully saturated rings. The van der Waals surface area contributed by atoms with Crippen molar-refractivity contribution in [3.63, 3.8) is 0 Å². The van der Waals surface area contributed by atoms with E-state index in [9.17, 15) is 0 Å². The van der Waals surface area contributed by atoms with Gasteiger partial charge in [0.05, 0.1) is 0 Å². The van der Waals surface area contributed by atoms with Gasteiger partial charge in [-0.05, 0) is 38.5 Å². The Morgan fingerprint density at radius 3 is 2.04 bits per heavy atom. The second kappa shape index (κ2) is 13.1. The van der Waals surface area contributed by atoms with E-state index in [0.29, 0.717) is 0 Å². The second-order valence-electron chi connectivity index (χ2n) is 6.06. The largest absolute Gasteiger partial charge is 0.346 e. The lowest BCUT2D eigenvalue weighted by molar-refractivity contribution is 0.442. The zero-order valence-corrected chi connectivity index (χ0v) is 17.1. The van der Waals surface area contributed by atoms with Crippen molar-refractivity contribution in [2.24, 2.45) is 0 Å². The van der Waals surface area contributed by atoms with Gasteiger partial charge in [0.1, 0.15) is 0 Å². The zero-order valence-electron chi connectivity index (χ0n) is 16.3. The molecule has 0 radical (unpaired) electrons. The van der Waals surface area contributed by atoms with Crippen molar-refractivity contribution in [2.75, 3.05) is 12.3 Å². The summed E-state index contributed by atoms with van der Waals surface area (Å²) >= 11 is 1.83. The second-order valence-corrected chi connectivity index (χ2v) is 7.15. The van der Waals surface area contributed by atoms with Crippen molar-refractivity contribution in [1.29, 1.82) is 0 Å². The molecule has 0 unspecified atom stereocenters. The van der Waals surface area contributed by atoms with E-state index in [1.165, 1.54) is 10.5 Å². The van der Waals surface area contributed by atoms with Crippen molar-refractivity contribution in [3.05, 3.63) is 103 Å². The Morgan fingerprint density at radius 2 is 1.58 bits per heavy atom. The molecule has 0 N–H and O–H groups in total. The number of allylic oxidation sites excluding steroid dienone is 2. The van der Waals surface area contributed by atoms with Crippen LogP contribution in [0.15, 0.2) is 102 Å². The summed E-state index contributed by atoms with van der Waals surface area (Å²) in [5.74, 6) is 0.958. The number of rotatable bonds is 8. The molecule has 0 aromatic heterocycles. The van der Waals surface area contributed by atoms with Gasteiger partial charge in [0.15, 0.2) is 0 Å². The fourth-order valence-corrected chi connectivity index (χ4v) is 3.01. The molecule has 0 saturated heterocycles. The van der Waals surface area contributed by atoms with Crippen molar-refractivity contribution in [3.8, 4) is 0 Å². The minimum Gasteiger partial charge on any atom is -0.346 e. The molecule has 0 aliphatic rings. The maximum absolute atomic E-state index is 4.11. The minimum absolute atomic E-state index is 0.958. The van der Waals surface area contributed by atoms with Gasteiger partial charge in [0, 0.05) is 28.6 Å². The van der Waals surface area contributed by atoms with Gasteiger partial charge in [0.2, 0.25) is 0 Å². The summed E-state index contributed by atoms with van der Waals surface area (Å²) in [7, 11) is 0. The number of benzene rings is 2. The lowest BCUT2D eigenvalue weighted by atomic mass is 10.2. The van der Waals surface area contributed by atoms with Crippen LogP contribution in [0, 0.1) is 6.92 Å². The van der Waals surface area contributed by atoms with Crippen molar-refractivity contribution >= 4 is 11.8 Å². The van der Waals surface area contributed by atoms with E-state index in [1.807, 2.05) is 43.0 Å². The highest BCUT2D eigenvalue weighted by atomic mass is 32.2. The van der Waals surface area contributed by atoms with Crippen LogP contribution in [0.25, 0.3) is 0 Å². The molecule has 1 nitrogen and oxygen atoms in total. The average Bonchev–Trinajstić information content (AvgIpc) is 2.65. The van der Waals surface area contributed by atoms with Gasteiger partial charge >= 0.3 is 0 Å². The van der Waals surface area contributed by atoms with E-state index in [4.69, 9.17) is 0 Å². The fraction of sp³-hybridized carbons (Fsp3) is 0.250. The predicted molar refractivity (Wildman–Crippen MR) is 118 cm³/mol. The predicted octanol–water partition coefficient (Wildman–Crippen LogP) is 7.09. The Labute approximate surface area is 164 Å². The summed E-state index contributed by atoms with van der Waals surface area (Å²) < 4.78 is 0. The van der Waals surface area contributed by atoms with Crippen LogP contribution in [-0.4, -0.2) is 17.2 Å². The van der Waals surface area contributed by atoms with Crippen LogP contribution in [0.3, 0.4) is 0 Å². The molecule has 0 amide bonds. The maximum atomic E-state index is 4.11. The summed E-state index contributed by atoms with van der Waals surface area (Å²) in [6.45, 7) is 15.4. The Hall–Kier alpha value is -2.19. The first-order valence-corrected chi connectivity index (χ1v) is 10.0. The van der Waals surface area contributed by atoms with Gasteiger partial charge in [-0.15, -0.1) is 11.8 Å². The quantitative estimate of drug-likeness (QED) is 0.363. The van der Waals surface area contributed by atoms with Crippen LogP contribution < -0.4 is 0 Å². The standard InChI is InChI=1S/C17H23NS.C7H8/c1-5-13-18(15(2)3)16(4)10-9-14-19-17-11-7-6-8-12-17;1-7-5-3-2-4-6-7/h6-12H,2,4-5,13-14H2,1,3H3;2-6H,1H3/b10-9+;. The first-order chi connectivity index (χ1) is 12.5. The third-order valence-corrected chi connectivity index (χ3v) is 4.56. The molecule has 2 aromatic carbocycles. The average molecular weight is 366 g/mol. The third-order valence-electron chi connectivity index (χ3n) is 3.59. The first kappa shape index (κ1) is 21.9. The van der Waals surface area contributed by atoms with Crippen LogP contribution in [0.4, 0.5) is 0 Å². The van der Waals surface area contributed by atoms with Gasteiger partial charge in [-0.25, -0.2) is 0 Å². The maximum Gasteiger partial charge on any atom is 0.0332 e. The molecule has 0 saturated carbocycles. The SMILES string of the molecule is C=C(C)N(CCC)C(=C)/C=C/CSc1ccccc1.Cc1ccccc1. The lowest BCUT2D eigenvalue weighted by Crippen LogP contribution is -2.19. The normalized spacial score (nSPS) is 10.1. The summed E-state index contributed by atoms with van der Waals surface area (Å²) in [5, 5.41) is 0. The van der Waals surface area contributed by atoms with Gasteiger partial charge < -0.3 is 4.90 Å². The van der Waals surface area contributed by atoms with Crippen LogP contribution in [0.5, 0.6) is 0 Å². The summed E-state index contributed by atoms with van der Waals surface area (Å²) in [6, 6.07) is 20.7. The van der Waals surface area contributed by atoms with E-state index < -0.39 is 0 Å². The number of thioether (sulfide) groups is 1. The molecular formula is C24H31NS.